The van der Waals surface area contributed by atoms with Crippen LogP contribution in [0.3, 0.4) is 0 Å². The number of hydrogen-bond donors (Lipinski definition) is 1. The fraction of sp³-hybridized carbons (Fsp3) is 0.368. The summed E-state index contributed by atoms with van der Waals surface area (Å²) in [5, 5.41) is 3.59. The molecule has 0 unspecified atom stereocenters. The van der Waals surface area contributed by atoms with Gasteiger partial charge in [-0.25, -0.2) is 0 Å². The first-order valence-electron chi connectivity index (χ1n) is 7.55. The molecule has 2 nitrogen and oxygen atoms in total. The highest BCUT2D eigenvalue weighted by atomic mass is 15.0. The largest absolute Gasteiger partial charge is 0.309 e. The molecule has 0 aliphatic carbocycles. The van der Waals surface area contributed by atoms with Crippen LogP contribution < -0.4 is 5.32 Å². The minimum atomic E-state index is 0.914. The van der Waals surface area contributed by atoms with Crippen molar-refractivity contribution in [3.63, 3.8) is 0 Å². The molecule has 0 saturated heterocycles. The third kappa shape index (κ3) is 4.42. The Morgan fingerprint density at radius 2 is 1.43 bits per heavy atom. The van der Waals surface area contributed by atoms with E-state index in [4.69, 9.17) is 0 Å². The second-order valence-electron chi connectivity index (χ2n) is 5.98. The van der Waals surface area contributed by atoms with Crippen molar-refractivity contribution < 1.29 is 0 Å². The molecular formula is C19H26N2. The summed E-state index contributed by atoms with van der Waals surface area (Å²) in [7, 11) is 4.22. The Labute approximate surface area is 128 Å². The minimum Gasteiger partial charge on any atom is -0.309 e. The molecule has 0 bridgehead atoms. The summed E-state index contributed by atoms with van der Waals surface area (Å²) < 4.78 is 0. The normalized spacial score (nSPS) is 11.1. The van der Waals surface area contributed by atoms with Crippen molar-refractivity contribution in [3.05, 3.63) is 70.3 Å². The molecule has 21 heavy (non-hydrogen) atoms. The van der Waals surface area contributed by atoms with Gasteiger partial charge >= 0.3 is 0 Å². The van der Waals surface area contributed by atoms with Gasteiger partial charge in [0.15, 0.2) is 0 Å². The standard InChI is InChI=1S/C19H26N2/c1-15-8-7-9-16(2)19(15)13-20-12-17-10-5-6-11-18(17)14-21(3)4/h5-11,20H,12-14H2,1-4H3. The Morgan fingerprint density at radius 3 is 2.05 bits per heavy atom. The average Bonchev–Trinajstić information content (AvgIpc) is 2.43. The second kappa shape index (κ2) is 7.39. The van der Waals surface area contributed by atoms with E-state index >= 15 is 0 Å². The van der Waals surface area contributed by atoms with Crippen LogP contribution in [0.1, 0.15) is 27.8 Å². The zero-order valence-corrected chi connectivity index (χ0v) is 13.6. The number of aryl methyl sites for hydroxylation is 2. The van der Waals surface area contributed by atoms with Crippen LogP contribution in [0.5, 0.6) is 0 Å². The molecule has 0 radical (unpaired) electrons. The molecule has 2 aromatic rings. The second-order valence-corrected chi connectivity index (χ2v) is 5.98. The molecule has 0 heterocycles. The molecule has 112 valence electrons. The maximum absolute atomic E-state index is 3.59. The molecule has 0 fully saturated rings. The lowest BCUT2D eigenvalue weighted by Gasteiger charge is -2.15. The van der Waals surface area contributed by atoms with Crippen LogP contribution in [-0.2, 0) is 19.6 Å². The van der Waals surface area contributed by atoms with Gasteiger partial charge in [-0.3, -0.25) is 0 Å². The summed E-state index contributed by atoms with van der Waals surface area (Å²) in [5.41, 5.74) is 6.93. The third-order valence-electron chi connectivity index (χ3n) is 3.87. The van der Waals surface area contributed by atoms with E-state index < -0.39 is 0 Å². The van der Waals surface area contributed by atoms with Gasteiger partial charge < -0.3 is 10.2 Å². The molecular weight excluding hydrogens is 256 g/mol. The van der Waals surface area contributed by atoms with Gasteiger partial charge in [-0.15, -0.1) is 0 Å². The summed E-state index contributed by atoms with van der Waals surface area (Å²) in [6, 6.07) is 15.2. The van der Waals surface area contributed by atoms with Gasteiger partial charge in [0, 0.05) is 19.6 Å². The predicted octanol–water partition coefficient (Wildman–Crippen LogP) is 3.65. The third-order valence-corrected chi connectivity index (χ3v) is 3.87. The molecule has 0 aliphatic heterocycles. The van der Waals surface area contributed by atoms with Crippen molar-refractivity contribution in [2.24, 2.45) is 0 Å². The highest BCUT2D eigenvalue weighted by Gasteiger charge is 2.05. The van der Waals surface area contributed by atoms with E-state index in [-0.39, 0.29) is 0 Å². The predicted molar refractivity (Wildman–Crippen MR) is 90.3 cm³/mol. The highest BCUT2D eigenvalue weighted by Crippen LogP contribution is 2.14. The molecule has 2 heteroatoms. The van der Waals surface area contributed by atoms with Crippen LogP contribution >= 0.6 is 0 Å². The smallest absolute Gasteiger partial charge is 0.0230 e. The number of hydrogen-bond acceptors (Lipinski definition) is 2. The molecule has 2 aromatic carbocycles. The van der Waals surface area contributed by atoms with Gasteiger partial charge in [0.25, 0.3) is 0 Å². The number of benzene rings is 2. The number of nitrogens with zero attached hydrogens (tertiary/aromatic N) is 1. The SMILES string of the molecule is Cc1cccc(C)c1CNCc1ccccc1CN(C)C. The van der Waals surface area contributed by atoms with E-state index in [1.54, 1.807) is 0 Å². The van der Waals surface area contributed by atoms with Crippen molar-refractivity contribution >= 4 is 0 Å². The van der Waals surface area contributed by atoms with Crippen molar-refractivity contribution in [1.29, 1.82) is 0 Å². The Kier molecular flexibility index (Phi) is 5.54. The van der Waals surface area contributed by atoms with Crippen molar-refractivity contribution in [1.82, 2.24) is 10.2 Å². The average molecular weight is 282 g/mol. The quantitative estimate of drug-likeness (QED) is 0.870. The van der Waals surface area contributed by atoms with Crippen LogP contribution in [0.4, 0.5) is 0 Å². The maximum atomic E-state index is 3.59. The van der Waals surface area contributed by atoms with Crippen LogP contribution in [0, 0.1) is 13.8 Å². The first kappa shape index (κ1) is 15.7. The molecule has 1 N–H and O–H groups in total. The van der Waals surface area contributed by atoms with Gasteiger partial charge in [0.1, 0.15) is 0 Å². The zero-order valence-electron chi connectivity index (χ0n) is 13.6. The van der Waals surface area contributed by atoms with Gasteiger partial charge in [-0.2, -0.15) is 0 Å². The summed E-state index contributed by atoms with van der Waals surface area (Å²) in [6.45, 7) is 7.20. The molecule has 0 aliphatic rings. The highest BCUT2D eigenvalue weighted by molar-refractivity contribution is 5.33. The number of nitrogens with one attached hydrogen (secondary N) is 1. The van der Waals surface area contributed by atoms with Gasteiger partial charge in [0.2, 0.25) is 0 Å². The molecule has 2 rings (SSSR count). The fourth-order valence-corrected chi connectivity index (χ4v) is 2.67. The van der Waals surface area contributed by atoms with E-state index in [2.05, 4.69) is 80.6 Å². The van der Waals surface area contributed by atoms with E-state index in [1.165, 1.54) is 27.8 Å². The summed E-state index contributed by atoms with van der Waals surface area (Å²) in [6.07, 6.45) is 0. The summed E-state index contributed by atoms with van der Waals surface area (Å²) in [4.78, 5) is 2.21. The Morgan fingerprint density at radius 1 is 0.810 bits per heavy atom. The van der Waals surface area contributed by atoms with Crippen molar-refractivity contribution in [2.45, 2.75) is 33.5 Å². The van der Waals surface area contributed by atoms with E-state index in [0.717, 1.165) is 19.6 Å². The number of rotatable bonds is 6. The molecule has 0 spiro atoms. The molecule has 0 amide bonds. The molecule has 0 saturated carbocycles. The van der Waals surface area contributed by atoms with E-state index in [9.17, 15) is 0 Å². The van der Waals surface area contributed by atoms with Crippen LogP contribution in [0.2, 0.25) is 0 Å². The fourth-order valence-electron chi connectivity index (χ4n) is 2.67. The lowest BCUT2D eigenvalue weighted by atomic mass is 10.0. The minimum absolute atomic E-state index is 0.914. The van der Waals surface area contributed by atoms with Gasteiger partial charge in [0.05, 0.1) is 0 Å². The maximum Gasteiger partial charge on any atom is 0.0230 e. The van der Waals surface area contributed by atoms with Gasteiger partial charge in [-0.1, -0.05) is 42.5 Å². The van der Waals surface area contributed by atoms with E-state index in [0.29, 0.717) is 0 Å². The van der Waals surface area contributed by atoms with Gasteiger partial charge in [-0.05, 0) is 55.8 Å². The van der Waals surface area contributed by atoms with Crippen molar-refractivity contribution in [2.75, 3.05) is 14.1 Å². The monoisotopic (exact) mass is 282 g/mol. The van der Waals surface area contributed by atoms with Crippen LogP contribution in [0.15, 0.2) is 42.5 Å². The summed E-state index contributed by atoms with van der Waals surface area (Å²) in [5.74, 6) is 0. The van der Waals surface area contributed by atoms with Crippen LogP contribution in [0.25, 0.3) is 0 Å². The Balaban J connectivity index is 2.01. The summed E-state index contributed by atoms with van der Waals surface area (Å²) >= 11 is 0. The lowest BCUT2D eigenvalue weighted by Crippen LogP contribution is -2.18. The van der Waals surface area contributed by atoms with Crippen LogP contribution in [-0.4, -0.2) is 19.0 Å². The van der Waals surface area contributed by atoms with E-state index in [1.807, 2.05) is 0 Å². The first-order chi connectivity index (χ1) is 10.1. The topological polar surface area (TPSA) is 15.3 Å². The molecule has 0 aromatic heterocycles. The Hall–Kier alpha value is -1.64. The molecule has 0 atom stereocenters. The Bertz CT molecular complexity index is 568. The lowest BCUT2D eigenvalue weighted by molar-refractivity contribution is 0.400. The zero-order chi connectivity index (χ0) is 15.2. The van der Waals surface area contributed by atoms with Crippen molar-refractivity contribution in [3.8, 4) is 0 Å². The first-order valence-corrected chi connectivity index (χ1v) is 7.55.